The second-order valence-electron chi connectivity index (χ2n) is 14.7. The molecule has 12 rings (SSSR count). The molecule has 53 heavy (non-hydrogen) atoms. The minimum absolute atomic E-state index is 0.412. The van der Waals surface area contributed by atoms with E-state index in [2.05, 4.69) is 194 Å². The van der Waals surface area contributed by atoms with Crippen LogP contribution in [0.15, 0.2) is 194 Å². The van der Waals surface area contributed by atoms with E-state index in [1.165, 1.54) is 110 Å². The first-order chi connectivity index (χ1) is 26.3. The zero-order valence-electron chi connectivity index (χ0n) is 29.0. The van der Waals surface area contributed by atoms with Crippen molar-refractivity contribution in [3.63, 3.8) is 0 Å². The van der Waals surface area contributed by atoms with Crippen molar-refractivity contribution in [2.45, 2.75) is 5.41 Å². The molecule has 0 heterocycles. The second kappa shape index (κ2) is 10.6. The van der Waals surface area contributed by atoms with Crippen molar-refractivity contribution in [1.82, 2.24) is 0 Å². The summed E-state index contributed by atoms with van der Waals surface area (Å²) in [5.74, 6) is 0. The van der Waals surface area contributed by atoms with E-state index in [1.54, 1.807) is 0 Å². The van der Waals surface area contributed by atoms with Crippen LogP contribution in [0.5, 0.6) is 0 Å². The molecule has 0 atom stereocenters. The fraction of sp³-hybridized carbons (Fsp3) is 0.0189. The Labute approximate surface area is 308 Å². The fourth-order valence-corrected chi connectivity index (χ4v) is 10.2. The lowest BCUT2D eigenvalue weighted by atomic mass is 9.70. The Morgan fingerprint density at radius 2 is 0.830 bits per heavy atom. The van der Waals surface area contributed by atoms with Crippen LogP contribution in [0.1, 0.15) is 22.3 Å². The molecule has 0 nitrogen and oxygen atoms in total. The van der Waals surface area contributed by atoms with Gasteiger partial charge in [0.05, 0.1) is 5.41 Å². The van der Waals surface area contributed by atoms with Gasteiger partial charge in [0.2, 0.25) is 0 Å². The van der Waals surface area contributed by atoms with Gasteiger partial charge in [-0.2, -0.15) is 0 Å². The van der Waals surface area contributed by atoms with Gasteiger partial charge in [0.15, 0.2) is 0 Å². The van der Waals surface area contributed by atoms with Crippen LogP contribution >= 0.6 is 0 Å². The van der Waals surface area contributed by atoms with E-state index in [-0.39, 0.29) is 0 Å². The Bertz CT molecular complexity index is 3120. The molecular weight excluding hydrogens is 637 g/mol. The molecule has 0 bridgehead atoms. The Hall–Kier alpha value is -6.76. The maximum atomic E-state index is 2.53. The maximum absolute atomic E-state index is 2.53. The van der Waals surface area contributed by atoms with E-state index in [9.17, 15) is 0 Å². The topological polar surface area (TPSA) is 0 Å². The lowest BCUT2D eigenvalue weighted by Gasteiger charge is -2.30. The van der Waals surface area contributed by atoms with E-state index in [0.29, 0.717) is 0 Å². The minimum Gasteiger partial charge on any atom is -0.0622 e. The molecule has 0 saturated heterocycles. The average Bonchev–Trinajstić information content (AvgIpc) is 3.70. The summed E-state index contributed by atoms with van der Waals surface area (Å²) in [6.45, 7) is 0. The summed E-state index contributed by atoms with van der Waals surface area (Å²) in [7, 11) is 0. The summed E-state index contributed by atoms with van der Waals surface area (Å²) in [6, 6.07) is 72.9. The molecule has 244 valence electrons. The molecule has 1 spiro atoms. The zero-order valence-corrected chi connectivity index (χ0v) is 29.0. The van der Waals surface area contributed by atoms with Crippen LogP contribution in [-0.2, 0) is 5.41 Å². The van der Waals surface area contributed by atoms with Crippen LogP contribution in [0.25, 0.3) is 87.6 Å². The van der Waals surface area contributed by atoms with Crippen molar-refractivity contribution in [3.05, 3.63) is 216 Å². The van der Waals surface area contributed by atoms with E-state index in [0.717, 1.165) is 0 Å². The normalized spacial score (nSPS) is 13.4. The molecule has 0 fully saturated rings. The third-order valence-corrected chi connectivity index (χ3v) is 12.3. The predicted octanol–water partition coefficient (Wildman–Crippen LogP) is 14.0. The highest BCUT2D eigenvalue weighted by Crippen LogP contribution is 2.64. The molecule has 0 amide bonds. The van der Waals surface area contributed by atoms with Crippen LogP contribution in [-0.4, -0.2) is 0 Å². The first kappa shape index (κ1) is 28.9. The van der Waals surface area contributed by atoms with Crippen molar-refractivity contribution < 1.29 is 0 Å². The molecule has 0 N–H and O–H groups in total. The number of hydrogen-bond acceptors (Lipinski definition) is 0. The molecule has 0 radical (unpaired) electrons. The van der Waals surface area contributed by atoms with E-state index in [4.69, 9.17) is 0 Å². The third kappa shape index (κ3) is 3.75. The molecular formula is C53H32. The van der Waals surface area contributed by atoms with Crippen molar-refractivity contribution in [3.8, 4) is 44.5 Å². The van der Waals surface area contributed by atoms with Gasteiger partial charge in [-0.15, -0.1) is 0 Å². The molecule has 0 unspecified atom stereocenters. The standard InChI is InChI=1S/C53H32/c1-2-13-33(14-3-1)37-21-12-22-43-40(37)28-30-50-52(43)46-32-36(26-29-49(46)53(50)47-23-10-8-19-41(47)42-20-9-11-24-48(42)53)51-39-18-7-5-16-35(39)31-45-38-17-6-4-15-34(38)25-27-44(45)51/h1-32H. The molecule has 0 aliphatic heterocycles. The predicted molar refractivity (Wildman–Crippen MR) is 224 cm³/mol. The van der Waals surface area contributed by atoms with Crippen molar-refractivity contribution in [2.24, 2.45) is 0 Å². The average molecular weight is 669 g/mol. The van der Waals surface area contributed by atoms with E-state index >= 15 is 0 Å². The summed E-state index contributed by atoms with van der Waals surface area (Å²) in [5.41, 5.74) is 15.4. The van der Waals surface area contributed by atoms with E-state index in [1.807, 2.05) is 0 Å². The summed E-state index contributed by atoms with van der Waals surface area (Å²) in [4.78, 5) is 0. The highest BCUT2D eigenvalue weighted by atomic mass is 14.5. The van der Waals surface area contributed by atoms with Crippen LogP contribution < -0.4 is 0 Å². The maximum Gasteiger partial charge on any atom is 0.0725 e. The van der Waals surface area contributed by atoms with Gasteiger partial charge in [0.1, 0.15) is 0 Å². The lowest BCUT2D eigenvalue weighted by Crippen LogP contribution is -2.25. The Morgan fingerprint density at radius 3 is 1.64 bits per heavy atom. The van der Waals surface area contributed by atoms with Gasteiger partial charge in [-0.1, -0.05) is 182 Å². The molecule has 10 aromatic carbocycles. The number of benzene rings is 10. The van der Waals surface area contributed by atoms with E-state index < -0.39 is 5.41 Å². The van der Waals surface area contributed by atoms with Gasteiger partial charge >= 0.3 is 0 Å². The zero-order chi connectivity index (χ0) is 34.7. The molecule has 0 heteroatoms. The second-order valence-corrected chi connectivity index (χ2v) is 14.7. The van der Waals surface area contributed by atoms with Crippen LogP contribution in [0.4, 0.5) is 0 Å². The van der Waals surface area contributed by atoms with Crippen molar-refractivity contribution >= 4 is 43.1 Å². The Balaban J connectivity index is 1.23. The van der Waals surface area contributed by atoms with Gasteiger partial charge in [0.25, 0.3) is 0 Å². The Morgan fingerprint density at radius 1 is 0.245 bits per heavy atom. The lowest BCUT2D eigenvalue weighted by molar-refractivity contribution is 0.794. The molecule has 0 aromatic heterocycles. The summed E-state index contributed by atoms with van der Waals surface area (Å²) < 4.78 is 0. The van der Waals surface area contributed by atoms with Gasteiger partial charge in [-0.25, -0.2) is 0 Å². The quantitative estimate of drug-likeness (QED) is 0.127. The van der Waals surface area contributed by atoms with Gasteiger partial charge in [0, 0.05) is 0 Å². The minimum atomic E-state index is -0.412. The monoisotopic (exact) mass is 668 g/mol. The SMILES string of the molecule is c1ccc(-c2cccc3c4c(ccc23)C2(c3ccccc3-c3ccccc32)c2ccc(-c3c5ccccc5cc5c3ccc3ccccc35)cc2-4)cc1. The van der Waals surface area contributed by atoms with Crippen LogP contribution in [0.2, 0.25) is 0 Å². The Kier molecular flexibility index (Phi) is 5.80. The van der Waals surface area contributed by atoms with Crippen LogP contribution in [0.3, 0.4) is 0 Å². The van der Waals surface area contributed by atoms with Gasteiger partial charge < -0.3 is 0 Å². The highest BCUT2D eigenvalue weighted by Gasteiger charge is 2.52. The van der Waals surface area contributed by atoms with Crippen molar-refractivity contribution in [2.75, 3.05) is 0 Å². The molecule has 2 aliphatic carbocycles. The summed E-state index contributed by atoms with van der Waals surface area (Å²) in [6.07, 6.45) is 0. The summed E-state index contributed by atoms with van der Waals surface area (Å²) >= 11 is 0. The first-order valence-electron chi connectivity index (χ1n) is 18.6. The third-order valence-electron chi connectivity index (χ3n) is 12.3. The van der Waals surface area contributed by atoms with Gasteiger partial charge in [-0.05, 0) is 122 Å². The van der Waals surface area contributed by atoms with Crippen LogP contribution in [0, 0.1) is 0 Å². The summed E-state index contributed by atoms with van der Waals surface area (Å²) in [5, 5.41) is 10.3. The van der Waals surface area contributed by atoms with Crippen molar-refractivity contribution in [1.29, 1.82) is 0 Å². The fourth-order valence-electron chi connectivity index (χ4n) is 10.2. The largest absolute Gasteiger partial charge is 0.0725 e. The number of hydrogen-bond donors (Lipinski definition) is 0. The molecule has 2 aliphatic rings. The van der Waals surface area contributed by atoms with Gasteiger partial charge in [-0.3, -0.25) is 0 Å². The smallest absolute Gasteiger partial charge is 0.0622 e. The first-order valence-corrected chi connectivity index (χ1v) is 18.6. The number of fused-ring (bicyclic) bond motifs is 16. The highest BCUT2D eigenvalue weighted by molar-refractivity contribution is 6.20. The molecule has 0 saturated carbocycles. The number of rotatable bonds is 2. The molecule has 10 aromatic rings.